The van der Waals surface area contributed by atoms with E-state index in [0.717, 1.165) is 133 Å². The van der Waals surface area contributed by atoms with Crippen LogP contribution in [0.1, 0.15) is 97.5 Å². The van der Waals surface area contributed by atoms with E-state index in [1.165, 1.54) is 73.2 Å². The van der Waals surface area contributed by atoms with E-state index in [2.05, 4.69) is 228 Å². The van der Waals surface area contributed by atoms with Crippen LogP contribution in [-0.2, 0) is 15.8 Å². The summed E-state index contributed by atoms with van der Waals surface area (Å²) in [5.41, 5.74) is 32.8. The number of aliphatic hydroxyl groups is 1. The van der Waals surface area contributed by atoms with E-state index in [1.807, 2.05) is 218 Å². The molecule has 1 unspecified atom stereocenters. The van der Waals surface area contributed by atoms with E-state index in [4.69, 9.17) is 66.4 Å². The Morgan fingerprint density at radius 1 is 0.306 bits per heavy atom. The van der Waals surface area contributed by atoms with Gasteiger partial charge in [0.25, 0.3) is 5.97 Å². The predicted octanol–water partition coefficient (Wildman–Crippen LogP) is 28.4. The number of hydrogen-bond donors (Lipinski definition) is 4. The van der Waals surface area contributed by atoms with Crippen molar-refractivity contribution in [2.45, 2.75) is 37.7 Å². The molecule has 0 radical (unpaired) electrons. The SMILES string of the molecule is Brc1ccccc1-c1ccccc1.CC(=O)O.Cl.Clc1ccc(-c2cccc3c2C2(c4ccccc4-c4ccccc42)c2ccccc2-3)cc1.O=C1c2ccccc2-c2cccc(-c3ccc(Cl)cc3)c21.O=C1c2ccccc2-c2cccc(Br)c21.OB(O)c1ccc(Cl)cc1.OC1(c2ccccc2-c2ccccc2)c2ccccc2-c2cccc(-c3ccc(Cl)cc3)c21.[CH2-]CCC.[Li+]. The second-order valence-corrected chi connectivity index (χ2v) is 35.3. The minimum atomic E-state index is -1.41. The summed E-state index contributed by atoms with van der Waals surface area (Å²) in [7, 11) is -1.41. The average molecular weight is 1970 g/mol. The summed E-state index contributed by atoms with van der Waals surface area (Å²) in [6.07, 6.45) is 2.28. The first-order valence-electron chi connectivity index (χ1n) is 43.2. The van der Waals surface area contributed by atoms with Gasteiger partial charge in [0.2, 0.25) is 0 Å². The van der Waals surface area contributed by atoms with Crippen LogP contribution in [0.5, 0.6) is 0 Å². The van der Waals surface area contributed by atoms with Gasteiger partial charge in [-0.25, -0.2) is 0 Å². The zero-order valence-electron chi connectivity index (χ0n) is 73.3. The quantitative estimate of drug-likeness (QED) is 0.0880. The summed E-state index contributed by atoms with van der Waals surface area (Å²) in [5.74, 6) is -0.612. The summed E-state index contributed by atoms with van der Waals surface area (Å²) >= 11 is 30.9. The Hall–Kier alpha value is -12.3. The van der Waals surface area contributed by atoms with Crippen LogP contribution < -0.4 is 24.3 Å². The number of carboxylic acids is 1. The summed E-state index contributed by atoms with van der Waals surface area (Å²) < 4.78 is 2.02. The van der Waals surface area contributed by atoms with Crippen molar-refractivity contribution in [2.75, 3.05) is 0 Å². The molecular weight excluding hydrogens is 1880 g/mol. The van der Waals surface area contributed by atoms with Gasteiger partial charge in [-0.05, 0) is 200 Å². The summed E-state index contributed by atoms with van der Waals surface area (Å²) in [6.45, 7) is 6.81. The largest absolute Gasteiger partial charge is 1.00 e. The van der Waals surface area contributed by atoms with Gasteiger partial charge in [-0.3, -0.25) is 14.4 Å². The van der Waals surface area contributed by atoms with Crippen molar-refractivity contribution in [1.29, 1.82) is 0 Å². The molecule has 0 heterocycles. The van der Waals surface area contributed by atoms with Crippen LogP contribution in [0.2, 0.25) is 20.1 Å². The Morgan fingerprint density at radius 3 is 0.993 bits per heavy atom. The molecule has 18 aromatic carbocycles. The fraction of sp³-hybridized carbons (Fsp3) is 0.0508. The Bertz CT molecular complexity index is 7200. The second kappa shape index (κ2) is 44.3. The molecule has 0 saturated heterocycles. The number of carbonyl (C=O) groups excluding carboxylic acids is 2. The number of halogens is 7. The van der Waals surface area contributed by atoms with Crippen LogP contribution >= 0.6 is 90.7 Å². The first-order valence-corrected chi connectivity index (χ1v) is 46.3. The van der Waals surface area contributed by atoms with Crippen molar-refractivity contribution in [3.63, 3.8) is 0 Å². The van der Waals surface area contributed by atoms with E-state index < -0.39 is 18.7 Å². The molecule has 134 heavy (non-hydrogen) atoms. The van der Waals surface area contributed by atoms with E-state index in [9.17, 15) is 14.7 Å². The van der Waals surface area contributed by atoms with Crippen LogP contribution in [0.25, 0.3) is 111 Å². The van der Waals surface area contributed by atoms with Crippen molar-refractivity contribution < 1.29 is 53.5 Å². The normalized spacial score (nSPS) is 12.7. The minimum Gasteiger partial charge on any atom is -0.481 e. The van der Waals surface area contributed by atoms with Gasteiger partial charge in [0.05, 0.1) is 5.41 Å². The van der Waals surface area contributed by atoms with Crippen LogP contribution in [0, 0.1) is 6.92 Å². The number of rotatable bonds is 8. The molecule has 1 atom stereocenters. The smallest absolute Gasteiger partial charge is 0.481 e. The Morgan fingerprint density at radius 2 is 0.567 bits per heavy atom. The van der Waals surface area contributed by atoms with E-state index in [0.29, 0.717) is 20.5 Å². The van der Waals surface area contributed by atoms with Gasteiger partial charge in [-0.2, -0.15) is 6.42 Å². The van der Waals surface area contributed by atoms with Gasteiger partial charge in [-0.15, -0.1) is 12.4 Å². The summed E-state index contributed by atoms with van der Waals surface area (Å²) in [4.78, 5) is 33.8. The maximum Gasteiger partial charge on any atom is 1.00 e. The molecular formula is C118H87BBr2Cl5LiO7. The summed E-state index contributed by atoms with van der Waals surface area (Å²) in [6, 6.07) is 142. The molecule has 0 aromatic heterocycles. The maximum absolute atomic E-state index is 12.8. The molecule has 16 heteroatoms. The zero-order valence-corrected chi connectivity index (χ0v) is 80.3. The van der Waals surface area contributed by atoms with Gasteiger partial charge in [-0.1, -0.05) is 456 Å². The third-order valence-corrected chi connectivity index (χ3v) is 26.2. The minimum absolute atomic E-state index is 0. The van der Waals surface area contributed by atoms with Crippen molar-refractivity contribution in [1.82, 2.24) is 0 Å². The van der Waals surface area contributed by atoms with Crippen LogP contribution in [0.15, 0.2) is 434 Å². The fourth-order valence-electron chi connectivity index (χ4n) is 18.1. The molecule has 18 aromatic rings. The average Bonchev–Trinajstić information content (AvgIpc) is 1.50. The van der Waals surface area contributed by atoms with Gasteiger partial charge in [0.15, 0.2) is 11.6 Å². The molecule has 7 nitrogen and oxygen atoms in total. The Balaban J connectivity index is 0.000000132. The zero-order chi connectivity index (χ0) is 92.2. The van der Waals surface area contributed by atoms with Crippen molar-refractivity contribution in [3.05, 3.63) is 522 Å². The number of ketones is 2. The van der Waals surface area contributed by atoms with Crippen molar-refractivity contribution >= 4 is 121 Å². The van der Waals surface area contributed by atoms with Crippen molar-refractivity contribution in [2.24, 2.45) is 0 Å². The van der Waals surface area contributed by atoms with E-state index in [-0.39, 0.29) is 48.2 Å². The van der Waals surface area contributed by atoms with Crippen molar-refractivity contribution in [3.8, 4) is 111 Å². The van der Waals surface area contributed by atoms with Gasteiger partial charge >= 0.3 is 26.0 Å². The summed E-state index contributed by atoms with van der Waals surface area (Å²) in [5, 5.41) is 40.2. The third-order valence-electron chi connectivity index (χ3n) is 23.8. The predicted molar refractivity (Wildman–Crippen MR) is 560 cm³/mol. The van der Waals surface area contributed by atoms with Gasteiger partial charge in [0.1, 0.15) is 5.60 Å². The van der Waals surface area contributed by atoms with Crippen LogP contribution in [-0.4, -0.2) is 44.9 Å². The molecule has 0 aliphatic heterocycles. The van der Waals surface area contributed by atoms with Gasteiger partial charge in [0, 0.05) is 74.9 Å². The molecule has 0 amide bonds. The van der Waals surface area contributed by atoms with Crippen LogP contribution in [0.3, 0.4) is 0 Å². The first kappa shape index (κ1) is 97.7. The van der Waals surface area contributed by atoms with Gasteiger partial charge < -0.3 is 27.2 Å². The number of benzene rings is 18. The number of carboxylic acid groups (broad SMARTS) is 1. The van der Waals surface area contributed by atoms with E-state index >= 15 is 0 Å². The molecule has 0 fully saturated rings. The molecule has 23 rings (SSSR count). The van der Waals surface area contributed by atoms with Crippen LogP contribution in [0.4, 0.5) is 0 Å². The molecule has 654 valence electrons. The number of unbranched alkanes of at least 4 members (excludes halogenated alkanes) is 1. The second-order valence-electron chi connectivity index (χ2n) is 31.8. The maximum atomic E-state index is 12.8. The Kier molecular flexibility index (Phi) is 32.3. The Labute approximate surface area is 837 Å². The number of hydrogen-bond acceptors (Lipinski definition) is 6. The molecule has 1 spiro atoms. The molecule has 5 aliphatic rings. The monoisotopic (exact) mass is 1970 g/mol. The molecule has 0 saturated carbocycles. The topological polar surface area (TPSA) is 132 Å². The molecule has 4 N–H and O–H groups in total. The molecule has 0 bridgehead atoms. The number of fused-ring (bicyclic) bond motifs is 19. The third kappa shape index (κ3) is 20.0. The standard InChI is InChI=1S/C31H21ClO.C31H19Cl.C19H11ClO.C13H7BrO.C12H9Br.C6H6BClO2.C4H9.C2H4O2.ClH.Li/c32-23-19-17-22(18-20-23)25-13-8-14-27-26-12-5-7-16-29(26)31(33,30(25)27)28-15-6-4-11-24(28)21-9-2-1-3-10-21;32-21-18-16-20(17-19-21)22-11-7-12-26-25-10-3-6-15-29(25)31(30(22)26)27-13-4-1-8-23(27)24-9-2-5-14-28(24)31;20-13-10-8-12(9-11-13)14-6-3-7-16-15-4-1-2-5-17(15)19(21)18(14)16;14-11-7-3-6-9-8-4-1-2-5-10(8)13(15)12(9)11;13-12-9-5-4-8-11(12)10-6-2-1-3-7-10;8-6-3-1-5(2-4-6)7(9)10;1-3-4-2;1-2(3)4;;/h1-20,33H;1-19H;1-11H;1-7H;1-9H;1-4,9-10H;1,3-4H2,2H3;1H3,(H,3,4);1H;/q;;;;;;-1;;;+1. The fourth-order valence-corrected chi connectivity index (χ4v) is 19.7. The first-order chi connectivity index (χ1) is 64.2. The van der Waals surface area contributed by atoms with E-state index in [1.54, 1.807) is 24.3 Å². The molecule has 5 aliphatic carbocycles. The number of carbonyl (C=O) groups is 3. The number of aliphatic carboxylic acids is 1.